The molecule has 1 aromatic carbocycles. The monoisotopic (exact) mass is 194 g/mol. The molecule has 1 atom stereocenters. The molecule has 0 radical (unpaired) electrons. The number of carbonyl (C=O) groups is 1. The van der Waals surface area contributed by atoms with Crippen LogP contribution in [0.5, 0.6) is 0 Å². The average molecular weight is 194 g/mol. The van der Waals surface area contributed by atoms with Gasteiger partial charge in [0.15, 0.2) is 6.23 Å². The minimum atomic E-state index is -1.28. The molecule has 14 heavy (non-hydrogen) atoms. The van der Waals surface area contributed by atoms with Gasteiger partial charge >= 0.3 is 0 Å². The predicted octanol–water partition coefficient (Wildman–Crippen LogP) is 0.329. The first-order valence-electron chi connectivity index (χ1n) is 3.87. The van der Waals surface area contributed by atoms with E-state index in [0.717, 1.165) is 0 Å². The molecule has 2 N–H and O–H groups in total. The fraction of sp³-hybridized carbons (Fsp3) is 0.125. The second-order valence-corrected chi connectivity index (χ2v) is 2.87. The summed E-state index contributed by atoms with van der Waals surface area (Å²) in [6.07, 6.45) is -1.28. The highest BCUT2D eigenvalue weighted by molar-refractivity contribution is 6.00. The summed E-state index contributed by atoms with van der Waals surface area (Å²) in [7, 11) is 0. The van der Waals surface area contributed by atoms with Crippen LogP contribution in [0.1, 0.15) is 22.1 Å². The molecule has 1 amide bonds. The highest BCUT2D eigenvalue weighted by Gasteiger charge is 2.33. The topological polar surface area (TPSA) is 92.5 Å². The Hall–Kier alpha value is -1.95. The van der Waals surface area contributed by atoms with Gasteiger partial charge in [0.05, 0.1) is 16.1 Å². The number of fused-ring (bicyclic) bond motifs is 1. The molecule has 6 heteroatoms. The van der Waals surface area contributed by atoms with E-state index < -0.39 is 17.1 Å². The fourth-order valence-corrected chi connectivity index (χ4v) is 1.47. The van der Waals surface area contributed by atoms with Gasteiger partial charge in [-0.25, -0.2) is 0 Å². The summed E-state index contributed by atoms with van der Waals surface area (Å²) >= 11 is 0. The maximum Gasteiger partial charge on any atom is 0.277 e. The lowest BCUT2D eigenvalue weighted by Gasteiger charge is -2.02. The average Bonchev–Trinajstić information content (AvgIpc) is 2.43. The van der Waals surface area contributed by atoms with Crippen LogP contribution in [0.15, 0.2) is 18.2 Å². The number of aliphatic hydroxyl groups is 1. The van der Waals surface area contributed by atoms with Crippen molar-refractivity contribution < 1.29 is 14.8 Å². The number of nitrogens with one attached hydrogen (secondary N) is 1. The standard InChI is InChI=1S/C8H6N2O4/c11-7-4-2-1-3-5(10(13)14)6(4)8(12)9-7/h1-3,8,12H,(H,9,11)/t8-/m0/s1. The Labute approximate surface area is 78.3 Å². The van der Waals surface area contributed by atoms with Crippen molar-refractivity contribution in [2.75, 3.05) is 0 Å². The van der Waals surface area contributed by atoms with Gasteiger partial charge in [-0.2, -0.15) is 0 Å². The Balaban J connectivity index is 2.68. The van der Waals surface area contributed by atoms with Gasteiger partial charge in [-0.1, -0.05) is 6.07 Å². The summed E-state index contributed by atoms with van der Waals surface area (Å²) in [5, 5.41) is 22.1. The van der Waals surface area contributed by atoms with Crippen LogP contribution in [0.2, 0.25) is 0 Å². The van der Waals surface area contributed by atoms with E-state index in [1.807, 2.05) is 0 Å². The highest BCUT2D eigenvalue weighted by Crippen LogP contribution is 2.31. The summed E-state index contributed by atoms with van der Waals surface area (Å²) in [6.45, 7) is 0. The summed E-state index contributed by atoms with van der Waals surface area (Å²) in [6, 6.07) is 4.10. The van der Waals surface area contributed by atoms with Gasteiger partial charge < -0.3 is 10.4 Å². The molecule has 1 aromatic rings. The highest BCUT2D eigenvalue weighted by atomic mass is 16.6. The van der Waals surface area contributed by atoms with Crippen LogP contribution >= 0.6 is 0 Å². The Morgan fingerprint density at radius 1 is 1.50 bits per heavy atom. The number of rotatable bonds is 1. The third kappa shape index (κ3) is 1.05. The lowest BCUT2D eigenvalue weighted by molar-refractivity contribution is -0.386. The first-order valence-corrected chi connectivity index (χ1v) is 3.87. The van der Waals surface area contributed by atoms with Crippen LogP contribution < -0.4 is 5.32 Å². The summed E-state index contributed by atoms with van der Waals surface area (Å²) in [4.78, 5) is 21.1. The molecule has 72 valence electrons. The number of hydrogen-bond acceptors (Lipinski definition) is 4. The first-order chi connectivity index (χ1) is 6.61. The van der Waals surface area contributed by atoms with Crippen LogP contribution in [-0.2, 0) is 0 Å². The van der Waals surface area contributed by atoms with E-state index in [4.69, 9.17) is 0 Å². The van der Waals surface area contributed by atoms with E-state index in [9.17, 15) is 20.0 Å². The van der Waals surface area contributed by atoms with E-state index >= 15 is 0 Å². The van der Waals surface area contributed by atoms with Crippen molar-refractivity contribution >= 4 is 11.6 Å². The molecule has 6 nitrogen and oxygen atoms in total. The molecule has 1 aliphatic rings. The third-order valence-corrected chi connectivity index (χ3v) is 2.07. The predicted molar refractivity (Wildman–Crippen MR) is 45.5 cm³/mol. The number of nitro groups is 1. The van der Waals surface area contributed by atoms with Gasteiger partial charge in [-0.05, 0) is 6.07 Å². The molecule has 2 rings (SSSR count). The van der Waals surface area contributed by atoms with Gasteiger partial charge in [0.25, 0.3) is 11.6 Å². The van der Waals surface area contributed by atoms with Crippen molar-refractivity contribution in [3.05, 3.63) is 39.4 Å². The number of amides is 1. The van der Waals surface area contributed by atoms with E-state index in [2.05, 4.69) is 5.32 Å². The number of benzene rings is 1. The molecular formula is C8H6N2O4. The van der Waals surface area contributed by atoms with Gasteiger partial charge in [0.1, 0.15) is 0 Å². The van der Waals surface area contributed by atoms with Crippen molar-refractivity contribution in [3.63, 3.8) is 0 Å². The smallest absolute Gasteiger partial charge is 0.277 e. The minimum absolute atomic E-state index is 0.0440. The van der Waals surface area contributed by atoms with Crippen LogP contribution in [0, 0.1) is 10.1 Å². The van der Waals surface area contributed by atoms with Gasteiger partial charge in [0.2, 0.25) is 0 Å². The number of nitro benzene ring substituents is 1. The largest absolute Gasteiger partial charge is 0.369 e. The Kier molecular flexibility index (Phi) is 1.71. The van der Waals surface area contributed by atoms with E-state index in [1.54, 1.807) is 0 Å². The van der Waals surface area contributed by atoms with E-state index in [-0.39, 0.29) is 16.8 Å². The Morgan fingerprint density at radius 3 is 2.86 bits per heavy atom. The van der Waals surface area contributed by atoms with E-state index in [0.29, 0.717) is 0 Å². The molecule has 0 saturated carbocycles. The number of nitrogens with zero attached hydrogens (tertiary/aromatic N) is 1. The second kappa shape index (κ2) is 2.78. The zero-order valence-corrected chi connectivity index (χ0v) is 6.93. The Bertz CT molecular complexity index is 429. The summed E-state index contributed by atoms with van der Waals surface area (Å²) in [5.41, 5.74) is -0.0393. The number of aliphatic hydroxyl groups excluding tert-OH is 1. The van der Waals surface area contributed by atoms with Gasteiger partial charge in [0, 0.05) is 6.07 Å². The number of carbonyl (C=O) groups excluding carboxylic acids is 1. The molecule has 0 spiro atoms. The zero-order chi connectivity index (χ0) is 10.3. The maximum absolute atomic E-state index is 11.2. The van der Waals surface area contributed by atoms with Gasteiger partial charge in [-0.3, -0.25) is 14.9 Å². The molecule has 0 saturated heterocycles. The summed E-state index contributed by atoms with van der Waals surface area (Å²) in [5.74, 6) is -0.490. The molecule has 0 bridgehead atoms. The third-order valence-electron chi connectivity index (χ3n) is 2.07. The normalized spacial score (nSPS) is 18.9. The quantitative estimate of drug-likeness (QED) is 0.497. The first kappa shape index (κ1) is 8.64. The minimum Gasteiger partial charge on any atom is -0.369 e. The van der Waals surface area contributed by atoms with Crippen molar-refractivity contribution in [2.24, 2.45) is 0 Å². The van der Waals surface area contributed by atoms with Crippen molar-refractivity contribution in [1.29, 1.82) is 0 Å². The van der Waals surface area contributed by atoms with Crippen molar-refractivity contribution in [1.82, 2.24) is 5.32 Å². The molecule has 0 aromatic heterocycles. The van der Waals surface area contributed by atoms with Crippen molar-refractivity contribution in [3.8, 4) is 0 Å². The molecule has 0 fully saturated rings. The molecule has 1 aliphatic heterocycles. The second-order valence-electron chi connectivity index (χ2n) is 2.87. The molecule has 0 unspecified atom stereocenters. The maximum atomic E-state index is 11.2. The summed E-state index contributed by atoms with van der Waals surface area (Å²) < 4.78 is 0. The lowest BCUT2D eigenvalue weighted by atomic mass is 10.1. The zero-order valence-electron chi connectivity index (χ0n) is 6.93. The molecule has 0 aliphatic carbocycles. The fourth-order valence-electron chi connectivity index (χ4n) is 1.47. The Morgan fingerprint density at radius 2 is 2.21 bits per heavy atom. The van der Waals surface area contributed by atoms with Crippen molar-refractivity contribution in [2.45, 2.75) is 6.23 Å². The van der Waals surface area contributed by atoms with Crippen LogP contribution in [0.25, 0.3) is 0 Å². The van der Waals surface area contributed by atoms with Crippen LogP contribution in [0.4, 0.5) is 5.69 Å². The van der Waals surface area contributed by atoms with Gasteiger partial charge in [-0.15, -0.1) is 0 Å². The molecule has 1 heterocycles. The van der Waals surface area contributed by atoms with E-state index in [1.165, 1.54) is 18.2 Å². The van der Waals surface area contributed by atoms with Crippen LogP contribution in [0.3, 0.4) is 0 Å². The molecular weight excluding hydrogens is 188 g/mol. The SMILES string of the molecule is O=C1N[C@@H](O)c2c1cccc2[N+](=O)[O-]. The van der Waals surface area contributed by atoms with Crippen LogP contribution in [-0.4, -0.2) is 15.9 Å². The lowest BCUT2D eigenvalue weighted by Crippen LogP contribution is -2.18. The number of hydrogen-bond donors (Lipinski definition) is 2.